The Morgan fingerprint density at radius 1 is 1.47 bits per heavy atom. The van der Waals surface area contributed by atoms with Crippen LogP contribution in [0.2, 0.25) is 0 Å². The summed E-state index contributed by atoms with van der Waals surface area (Å²) in [4.78, 5) is 17.2. The number of hydrogen-bond donors (Lipinski definition) is 0. The van der Waals surface area contributed by atoms with Gasteiger partial charge in [0.15, 0.2) is 0 Å². The molecule has 0 atom stereocenters. The maximum atomic E-state index is 11.0. The number of carbonyl (C=O) groups is 1. The second kappa shape index (κ2) is 6.73. The van der Waals surface area contributed by atoms with E-state index in [1.807, 2.05) is 31.0 Å². The molecule has 0 aliphatic carbocycles. The maximum absolute atomic E-state index is 11.0. The molecule has 0 saturated heterocycles. The zero-order valence-corrected chi connectivity index (χ0v) is 10.5. The predicted octanol–water partition coefficient (Wildman–Crippen LogP) is 1.48. The van der Waals surface area contributed by atoms with Crippen LogP contribution in [0.3, 0.4) is 0 Å². The number of anilines is 1. The molecule has 0 aromatic carbocycles. The Morgan fingerprint density at radius 3 is 2.88 bits per heavy atom. The molecule has 5 heteroatoms. The first-order chi connectivity index (χ1) is 8.17. The highest BCUT2D eigenvalue weighted by Crippen LogP contribution is 2.14. The molecule has 0 fully saturated rings. The third-order valence-corrected chi connectivity index (χ3v) is 2.27. The topological polar surface area (TPSA) is 51.7 Å². The first-order valence-corrected chi connectivity index (χ1v) is 5.55. The van der Waals surface area contributed by atoms with Gasteiger partial charge in [0.25, 0.3) is 0 Å². The molecule has 94 valence electrons. The van der Waals surface area contributed by atoms with E-state index in [1.165, 1.54) is 7.11 Å². The standard InChI is InChI=1S/C12H18N2O3/c1-4-17-11-7-5-6-10(13-11)14(2)9-8-12(15)16-3/h5-7H,4,8-9H2,1-3H3. The number of nitrogens with zero attached hydrogens (tertiary/aromatic N) is 2. The van der Waals surface area contributed by atoms with Crippen molar-refractivity contribution in [2.45, 2.75) is 13.3 Å². The van der Waals surface area contributed by atoms with Crippen molar-refractivity contribution < 1.29 is 14.3 Å². The van der Waals surface area contributed by atoms with Crippen LogP contribution in [-0.2, 0) is 9.53 Å². The Balaban J connectivity index is 2.58. The van der Waals surface area contributed by atoms with E-state index in [2.05, 4.69) is 9.72 Å². The van der Waals surface area contributed by atoms with Crippen molar-refractivity contribution in [3.8, 4) is 5.88 Å². The van der Waals surface area contributed by atoms with Crippen molar-refractivity contribution in [3.05, 3.63) is 18.2 Å². The molecule has 0 amide bonds. The zero-order valence-electron chi connectivity index (χ0n) is 10.5. The normalized spacial score (nSPS) is 9.82. The van der Waals surface area contributed by atoms with E-state index < -0.39 is 0 Å². The van der Waals surface area contributed by atoms with Gasteiger partial charge in [-0.1, -0.05) is 6.07 Å². The fraction of sp³-hybridized carbons (Fsp3) is 0.500. The maximum Gasteiger partial charge on any atom is 0.307 e. The highest BCUT2D eigenvalue weighted by atomic mass is 16.5. The number of aromatic nitrogens is 1. The van der Waals surface area contributed by atoms with Crippen LogP contribution in [0.4, 0.5) is 5.82 Å². The van der Waals surface area contributed by atoms with Crippen LogP contribution < -0.4 is 9.64 Å². The monoisotopic (exact) mass is 238 g/mol. The van der Waals surface area contributed by atoms with Crippen molar-refractivity contribution in [1.82, 2.24) is 4.98 Å². The van der Waals surface area contributed by atoms with Gasteiger partial charge in [-0.25, -0.2) is 0 Å². The number of pyridine rings is 1. The molecular formula is C12H18N2O3. The van der Waals surface area contributed by atoms with Crippen LogP contribution in [0.1, 0.15) is 13.3 Å². The molecule has 0 N–H and O–H groups in total. The van der Waals surface area contributed by atoms with Crippen LogP contribution in [0.5, 0.6) is 5.88 Å². The summed E-state index contributed by atoms with van der Waals surface area (Å²) in [5.41, 5.74) is 0. The van der Waals surface area contributed by atoms with Crippen LogP contribution in [0.15, 0.2) is 18.2 Å². The molecule has 0 bridgehead atoms. The van der Waals surface area contributed by atoms with Crippen LogP contribution >= 0.6 is 0 Å². The Labute approximate surface area is 101 Å². The molecule has 1 aromatic heterocycles. The first-order valence-electron chi connectivity index (χ1n) is 5.55. The van der Waals surface area contributed by atoms with Gasteiger partial charge in [0.2, 0.25) is 5.88 Å². The molecule has 0 unspecified atom stereocenters. The van der Waals surface area contributed by atoms with Crippen molar-refractivity contribution in [2.75, 3.05) is 32.2 Å². The number of hydrogen-bond acceptors (Lipinski definition) is 5. The van der Waals surface area contributed by atoms with E-state index >= 15 is 0 Å². The Kier molecular flexibility index (Phi) is 5.26. The fourth-order valence-electron chi connectivity index (χ4n) is 1.32. The molecule has 0 aliphatic heterocycles. The molecule has 0 radical (unpaired) electrons. The third kappa shape index (κ3) is 4.30. The minimum atomic E-state index is -0.224. The van der Waals surface area contributed by atoms with Crippen LogP contribution in [0, 0.1) is 0 Å². The number of carbonyl (C=O) groups excluding carboxylic acids is 1. The third-order valence-electron chi connectivity index (χ3n) is 2.27. The minimum absolute atomic E-state index is 0.224. The van der Waals surface area contributed by atoms with Gasteiger partial charge in [-0.2, -0.15) is 4.98 Å². The quantitative estimate of drug-likeness (QED) is 0.703. The largest absolute Gasteiger partial charge is 0.478 e. The van der Waals surface area contributed by atoms with Gasteiger partial charge in [0, 0.05) is 19.7 Å². The second-order valence-corrected chi connectivity index (χ2v) is 3.51. The SMILES string of the molecule is CCOc1cccc(N(C)CCC(=O)OC)n1. The van der Waals surface area contributed by atoms with Gasteiger partial charge in [0.05, 0.1) is 20.1 Å². The highest BCUT2D eigenvalue weighted by Gasteiger charge is 2.07. The highest BCUT2D eigenvalue weighted by molar-refractivity contribution is 5.69. The smallest absolute Gasteiger partial charge is 0.307 e. The lowest BCUT2D eigenvalue weighted by Gasteiger charge is -2.17. The van der Waals surface area contributed by atoms with E-state index in [0.717, 1.165) is 5.82 Å². The molecule has 5 nitrogen and oxygen atoms in total. The molecular weight excluding hydrogens is 220 g/mol. The van der Waals surface area contributed by atoms with E-state index in [4.69, 9.17) is 4.74 Å². The number of methoxy groups -OCH3 is 1. The minimum Gasteiger partial charge on any atom is -0.478 e. The second-order valence-electron chi connectivity index (χ2n) is 3.51. The average molecular weight is 238 g/mol. The van der Waals surface area contributed by atoms with Gasteiger partial charge in [0.1, 0.15) is 5.82 Å². The van der Waals surface area contributed by atoms with Crippen molar-refractivity contribution >= 4 is 11.8 Å². The lowest BCUT2D eigenvalue weighted by molar-refractivity contribution is -0.140. The van der Waals surface area contributed by atoms with Gasteiger partial charge in [-0.3, -0.25) is 4.79 Å². The lowest BCUT2D eigenvalue weighted by Crippen LogP contribution is -2.22. The van der Waals surface area contributed by atoms with E-state index in [-0.39, 0.29) is 5.97 Å². The lowest BCUT2D eigenvalue weighted by atomic mass is 10.3. The average Bonchev–Trinajstić information content (AvgIpc) is 2.36. The Bertz CT molecular complexity index is 369. The summed E-state index contributed by atoms with van der Waals surface area (Å²) < 4.78 is 9.90. The van der Waals surface area contributed by atoms with Crippen molar-refractivity contribution in [1.29, 1.82) is 0 Å². The first kappa shape index (κ1) is 13.3. The Morgan fingerprint density at radius 2 is 2.24 bits per heavy atom. The van der Waals surface area contributed by atoms with Gasteiger partial charge < -0.3 is 14.4 Å². The summed E-state index contributed by atoms with van der Waals surface area (Å²) >= 11 is 0. The van der Waals surface area contributed by atoms with Crippen molar-refractivity contribution in [3.63, 3.8) is 0 Å². The summed E-state index contributed by atoms with van der Waals surface area (Å²) in [5, 5.41) is 0. The molecule has 0 spiro atoms. The zero-order chi connectivity index (χ0) is 12.7. The molecule has 0 aliphatic rings. The molecule has 1 rings (SSSR count). The summed E-state index contributed by atoms with van der Waals surface area (Å²) in [5.74, 6) is 1.15. The van der Waals surface area contributed by atoms with Gasteiger partial charge >= 0.3 is 5.97 Å². The van der Waals surface area contributed by atoms with E-state index in [0.29, 0.717) is 25.5 Å². The molecule has 1 aromatic rings. The summed E-state index contributed by atoms with van der Waals surface area (Å²) in [7, 11) is 3.26. The molecule has 0 saturated carbocycles. The van der Waals surface area contributed by atoms with Gasteiger partial charge in [-0.05, 0) is 13.0 Å². The number of esters is 1. The summed E-state index contributed by atoms with van der Waals surface area (Å²) in [6.45, 7) is 3.06. The van der Waals surface area contributed by atoms with Gasteiger partial charge in [-0.15, -0.1) is 0 Å². The number of rotatable bonds is 6. The summed E-state index contributed by atoms with van der Waals surface area (Å²) in [6.07, 6.45) is 0.341. The predicted molar refractivity (Wildman–Crippen MR) is 65.3 cm³/mol. The van der Waals surface area contributed by atoms with E-state index in [1.54, 1.807) is 6.07 Å². The molecule has 1 heterocycles. The number of ether oxygens (including phenoxy) is 2. The fourth-order valence-corrected chi connectivity index (χ4v) is 1.32. The Hall–Kier alpha value is -1.78. The van der Waals surface area contributed by atoms with E-state index in [9.17, 15) is 4.79 Å². The molecule has 17 heavy (non-hydrogen) atoms. The van der Waals surface area contributed by atoms with Crippen LogP contribution in [0.25, 0.3) is 0 Å². The van der Waals surface area contributed by atoms with Crippen LogP contribution in [-0.4, -0.2) is 38.3 Å². The van der Waals surface area contributed by atoms with Crippen molar-refractivity contribution in [2.24, 2.45) is 0 Å². The summed E-state index contributed by atoms with van der Waals surface area (Å²) in [6, 6.07) is 5.56.